The Bertz CT molecular complexity index is 1270. The van der Waals surface area contributed by atoms with E-state index in [1.165, 1.54) is 13.2 Å². The number of aryl methyl sites for hydroxylation is 1. The van der Waals surface area contributed by atoms with E-state index in [1.54, 1.807) is 30.1 Å². The molecule has 0 saturated carbocycles. The lowest BCUT2D eigenvalue weighted by atomic mass is 9.99. The molecule has 12 heteroatoms. The zero-order chi connectivity index (χ0) is 26.2. The van der Waals surface area contributed by atoms with Crippen molar-refractivity contribution in [2.45, 2.75) is 46.1 Å². The molecule has 3 heterocycles. The van der Waals surface area contributed by atoms with Gasteiger partial charge in [-0.05, 0) is 30.5 Å². The number of hydrogen-bond acceptors (Lipinski definition) is 7. The van der Waals surface area contributed by atoms with E-state index in [2.05, 4.69) is 25.7 Å². The summed E-state index contributed by atoms with van der Waals surface area (Å²) in [6.45, 7) is 6.29. The Labute approximate surface area is 206 Å². The molecule has 0 saturated heterocycles. The lowest BCUT2D eigenvalue weighted by Gasteiger charge is -2.36. The molecule has 1 aliphatic heterocycles. The Balaban J connectivity index is 1.47. The van der Waals surface area contributed by atoms with Gasteiger partial charge in [-0.15, -0.1) is 0 Å². The number of nitrogens with zero attached hydrogens (tertiary/aromatic N) is 5. The second-order valence-electron chi connectivity index (χ2n) is 9.05. The molecule has 3 aromatic rings. The van der Waals surface area contributed by atoms with Gasteiger partial charge in [-0.3, -0.25) is 9.48 Å². The van der Waals surface area contributed by atoms with Crippen LogP contribution in [-0.2, 0) is 24.1 Å². The van der Waals surface area contributed by atoms with Crippen molar-refractivity contribution >= 4 is 23.4 Å². The van der Waals surface area contributed by atoms with Crippen molar-refractivity contribution in [2.24, 2.45) is 5.92 Å². The highest BCUT2D eigenvalue weighted by Crippen LogP contribution is 2.37. The molecule has 1 amide bonds. The van der Waals surface area contributed by atoms with Gasteiger partial charge in [0.1, 0.15) is 17.5 Å². The smallest absolute Gasteiger partial charge is 0.419 e. The van der Waals surface area contributed by atoms with Crippen LogP contribution in [0.2, 0.25) is 0 Å². The number of likely N-dealkylation sites (N-methyl/N-ethyl adjacent to an activating group) is 1. The molecule has 0 radical (unpaired) electrons. The van der Waals surface area contributed by atoms with E-state index in [-0.39, 0.29) is 30.2 Å². The fraction of sp³-hybridized carbons (Fsp3) is 0.417. The van der Waals surface area contributed by atoms with Crippen LogP contribution < -0.4 is 20.3 Å². The second-order valence-corrected chi connectivity index (χ2v) is 9.05. The molecule has 0 bridgehead atoms. The molecule has 192 valence electrons. The number of alkyl halides is 3. The summed E-state index contributed by atoms with van der Waals surface area (Å²) < 4.78 is 46.3. The van der Waals surface area contributed by atoms with Crippen molar-refractivity contribution in [1.82, 2.24) is 19.7 Å². The van der Waals surface area contributed by atoms with Crippen molar-refractivity contribution in [1.29, 1.82) is 0 Å². The normalized spacial score (nSPS) is 15.6. The third-order valence-electron chi connectivity index (χ3n) is 6.02. The molecule has 0 aliphatic carbocycles. The molecular formula is C24H28F3N7O2. The largest absolute Gasteiger partial charge is 0.496 e. The van der Waals surface area contributed by atoms with Crippen LogP contribution in [0.25, 0.3) is 0 Å². The quantitative estimate of drug-likeness (QED) is 0.502. The summed E-state index contributed by atoms with van der Waals surface area (Å²) in [5.41, 5.74) is 1.66. The van der Waals surface area contributed by atoms with Gasteiger partial charge >= 0.3 is 6.18 Å². The lowest BCUT2D eigenvalue weighted by molar-refractivity contribution is -0.138. The average molecular weight is 504 g/mol. The predicted molar refractivity (Wildman–Crippen MR) is 129 cm³/mol. The van der Waals surface area contributed by atoms with Gasteiger partial charge in [-0.25, -0.2) is 4.98 Å². The minimum atomic E-state index is -4.51. The highest BCUT2D eigenvalue weighted by molar-refractivity contribution is 6.03. The van der Waals surface area contributed by atoms with Crippen molar-refractivity contribution in [3.05, 3.63) is 53.0 Å². The summed E-state index contributed by atoms with van der Waals surface area (Å²) in [4.78, 5) is 23.4. The van der Waals surface area contributed by atoms with Gasteiger partial charge in [0.2, 0.25) is 11.9 Å². The van der Waals surface area contributed by atoms with Crippen LogP contribution in [-0.4, -0.2) is 45.9 Å². The first-order chi connectivity index (χ1) is 17.0. The number of carbonyl (C=O) groups is 1. The monoisotopic (exact) mass is 503 g/mol. The van der Waals surface area contributed by atoms with E-state index < -0.39 is 11.7 Å². The first-order valence-corrected chi connectivity index (χ1v) is 11.4. The Morgan fingerprint density at radius 1 is 1.22 bits per heavy atom. The Kier molecular flexibility index (Phi) is 6.79. The summed E-state index contributed by atoms with van der Waals surface area (Å²) in [7, 11) is 3.05. The van der Waals surface area contributed by atoms with E-state index in [9.17, 15) is 18.0 Å². The fourth-order valence-corrected chi connectivity index (χ4v) is 4.32. The highest BCUT2D eigenvalue weighted by atomic mass is 19.4. The molecule has 4 rings (SSSR count). The third kappa shape index (κ3) is 5.07. The van der Waals surface area contributed by atoms with Gasteiger partial charge in [0.15, 0.2) is 5.82 Å². The maximum atomic E-state index is 13.3. The van der Waals surface area contributed by atoms with E-state index in [1.807, 2.05) is 25.8 Å². The topological polar surface area (TPSA) is 97.2 Å². The van der Waals surface area contributed by atoms with Gasteiger partial charge in [0.05, 0.1) is 31.1 Å². The number of amides is 1. The maximum Gasteiger partial charge on any atom is 0.419 e. The molecule has 9 nitrogen and oxygen atoms in total. The van der Waals surface area contributed by atoms with Crippen LogP contribution in [0.5, 0.6) is 5.75 Å². The first-order valence-electron chi connectivity index (χ1n) is 11.4. The Morgan fingerprint density at radius 2 is 1.97 bits per heavy atom. The predicted octanol–water partition coefficient (Wildman–Crippen LogP) is 4.08. The van der Waals surface area contributed by atoms with Gasteiger partial charge in [0.25, 0.3) is 0 Å². The van der Waals surface area contributed by atoms with Gasteiger partial charge in [-0.1, -0.05) is 19.9 Å². The number of methoxy groups -OCH3 is 1. The molecule has 2 aromatic heterocycles. The van der Waals surface area contributed by atoms with Crippen LogP contribution in [0.15, 0.2) is 30.6 Å². The number of hydrogen-bond donors (Lipinski definition) is 2. The molecule has 1 atom stereocenters. The van der Waals surface area contributed by atoms with Crippen LogP contribution >= 0.6 is 0 Å². The molecule has 0 fully saturated rings. The number of rotatable bonds is 7. The number of fused-ring (bicyclic) bond motifs is 1. The average Bonchev–Trinajstić information content (AvgIpc) is 3.25. The highest BCUT2D eigenvalue weighted by Gasteiger charge is 2.36. The number of aromatic nitrogens is 4. The number of halogens is 3. The molecule has 36 heavy (non-hydrogen) atoms. The van der Waals surface area contributed by atoms with Crippen molar-refractivity contribution < 1.29 is 22.7 Å². The molecule has 0 spiro atoms. The van der Waals surface area contributed by atoms with Crippen molar-refractivity contribution in [2.75, 3.05) is 29.7 Å². The van der Waals surface area contributed by atoms with Crippen LogP contribution in [0.3, 0.4) is 0 Å². The number of nitrogens with one attached hydrogen (secondary N) is 2. The second kappa shape index (κ2) is 9.67. The molecule has 1 aromatic carbocycles. The summed E-state index contributed by atoms with van der Waals surface area (Å²) >= 11 is 0. The Morgan fingerprint density at radius 3 is 2.64 bits per heavy atom. The fourth-order valence-electron chi connectivity index (χ4n) is 4.32. The standard InChI is InChI=1S/C24H28F3N7O2/c1-13(2)20-22(35)31-19-14(3)30-23(32-21(19)33(20)4)28-9-16-10-29-34(12-16)11-15-6-7-18(36-5)17(8-15)24(25,26)27/h6-8,10,12-13,20H,9,11H2,1-5H3,(H,31,35)(H,28,30,32)/t20-/m0/s1. The summed E-state index contributed by atoms with van der Waals surface area (Å²) in [6.07, 6.45) is -1.13. The molecular weight excluding hydrogens is 475 g/mol. The Hall–Kier alpha value is -3.83. The van der Waals surface area contributed by atoms with Crippen LogP contribution in [0.1, 0.15) is 36.2 Å². The minimum absolute atomic E-state index is 0.0842. The number of ether oxygens (including phenoxy) is 1. The lowest BCUT2D eigenvalue weighted by Crippen LogP contribution is -2.49. The van der Waals surface area contributed by atoms with Gasteiger partial charge in [0, 0.05) is 25.4 Å². The SMILES string of the molecule is COc1ccc(Cn2cc(CNc3nc(C)c4c(n3)N(C)[C@@H](C(C)C)C(=O)N4)cn2)cc1C(F)(F)F. The molecule has 1 aliphatic rings. The van der Waals surface area contributed by atoms with E-state index in [4.69, 9.17) is 4.74 Å². The number of benzene rings is 1. The van der Waals surface area contributed by atoms with Gasteiger partial charge < -0.3 is 20.3 Å². The summed E-state index contributed by atoms with van der Waals surface area (Å²) in [5.74, 6) is 0.827. The number of carbonyl (C=O) groups excluding carboxylic acids is 1. The zero-order valence-corrected chi connectivity index (χ0v) is 20.6. The third-order valence-corrected chi connectivity index (χ3v) is 6.02. The van der Waals surface area contributed by atoms with Crippen LogP contribution in [0, 0.1) is 12.8 Å². The van der Waals surface area contributed by atoms with E-state index >= 15 is 0 Å². The first kappa shape index (κ1) is 25.3. The van der Waals surface area contributed by atoms with E-state index in [0.717, 1.165) is 11.6 Å². The zero-order valence-electron chi connectivity index (χ0n) is 20.6. The van der Waals surface area contributed by atoms with Crippen molar-refractivity contribution in [3.8, 4) is 5.75 Å². The van der Waals surface area contributed by atoms with Crippen molar-refractivity contribution in [3.63, 3.8) is 0 Å². The molecule has 0 unspecified atom stereocenters. The summed E-state index contributed by atoms with van der Waals surface area (Å²) in [5, 5.41) is 10.3. The van der Waals surface area contributed by atoms with Gasteiger partial charge in [-0.2, -0.15) is 23.3 Å². The van der Waals surface area contributed by atoms with E-state index in [0.29, 0.717) is 35.3 Å². The maximum absolute atomic E-state index is 13.3. The van der Waals surface area contributed by atoms with Crippen LogP contribution in [0.4, 0.5) is 30.6 Å². The molecule has 2 N–H and O–H groups in total. The summed E-state index contributed by atoms with van der Waals surface area (Å²) in [6, 6.07) is 3.62. The minimum Gasteiger partial charge on any atom is -0.496 e. The number of anilines is 3.